The van der Waals surface area contributed by atoms with Gasteiger partial charge in [-0.3, -0.25) is 4.79 Å². The maximum atomic E-state index is 12.7. The van der Waals surface area contributed by atoms with Crippen LogP contribution in [-0.2, 0) is 0 Å². The van der Waals surface area contributed by atoms with Crippen molar-refractivity contribution >= 4 is 23.2 Å². The number of aromatic nitrogens is 2. The average Bonchev–Trinajstić information content (AvgIpc) is 2.65. The minimum Gasteiger partial charge on any atom is -0.324 e. The molecule has 0 radical (unpaired) electrons. The topological polar surface area (TPSA) is 90.7 Å². The molecular weight excluding hydrogens is 338 g/mol. The van der Waals surface area contributed by atoms with Crippen LogP contribution in [0.4, 0.5) is 17.3 Å². The Balaban J connectivity index is 1.84. The van der Waals surface area contributed by atoms with Gasteiger partial charge in [0.1, 0.15) is 5.69 Å². The summed E-state index contributed by atoms with van der Waals surface area (Å²) in [6.45, 7) is 5.71. The zero-order chi connectivity index (χ0) is 19.4. The molecule has 2 N–H and O–H groups in total. The van der Waals surface area contributed by atoms with Crippen LogP contribution in [0.1, 0.15) is 32.9 Å². The molecule has 1 aromatic heterocycles. The molecule has 0 saturated heterocycles. The quantitative estimate of drug-likeness (QED) is 0.728. The van der Waals surface area contributed by atoms with Crippen molar-refractivity contribution in [1.29, 1.82) is 5.26 Å². The predicted molar refractivity (Wildman–Crippen MR) is 105 cm³/mol. The van der Waals surface area contributed by atoms with Gasteiger partial charge in [-0.05, 0) is 62.2 Å². The third-order valence-corrected chi connectivity index (χ3v) is 4.08. The van der Waals surface area contributed by atoms with E-state index in [4.69, 9.17) is 5.26 Å². The van der Waals surface area contributed by atoms with Gasteiger partial charge >= 0.3 is 0 Å². The van der Waals surface area contributed by atoms with Gasteiger partial charge in [0.25, 0.3) is 5.91 Å². The lowest BCUT2D eigenvalue weighted by Gasteiger charge is -2.12. The van der Waals surface area contributed by atoms with E-state index in [1.807, 2.05) is 32.0 Å². The van der Waals surface area contributed by atoms with Crippen molar-refractivity contribution < 1.29 is 4.79 Å². The molecule has 27 heavy (non-hydrogen) atoms. The predicted octanol–water partition coefficient (Wildman–Crippen LogP) is 4.27. The van der Waals surface area contributed by atoms with Gasteiger partial charge in [0.15, 0.2) is 0 Å². The molecule has 0 spiro atoms. The summed E-state index contributed by atoms with van der Waals surface area (Å²) >= 11 is 0. The van der Waals surface area contributed by atoms with Crippen molar-refractivity contribution in [2.75, 3.05) is 10.6 Å². The molecule has 1 amide bonds. The molecule has 0 saturated carbocycles. The fourth-order valence-corrected chi connectivity index (χ4v) is 2.69. The van der Waals surface area contributed by atoms with Crippen molar-refractivity contribution in [1.82, 2.24) is 9.97 Å². The summed E-state index contributed by atoms with van der Waals surface area (Å²) in [7, 11) is 0. The van der Waals surface area contributed by atoms with Crippen molar-refractivity contribution in [2.24, 2.45) is 0 Å². The number of rotatable bonds is 4. The lowest BCUT2D eigenvalue weighted by atomic mass is 10.1. The number of carbonyl (C=O) groups excluding carboxylic acids is 1. The van der Waals surface area contributed by atoms with Gasteiger partial charge in [0.05, 0.1) is 11.6 Å². The highest BCUT2D eigenvalue weighted by Crippen LogP contribution is 2.21. The van der Waals surface area contributed by atoms with Crippen LogP contribution in [0.2, 0.25) is 0 Å². The highest BCUT2D eigenvalue weighted by Gasteiger charge is 2.13. The van der Waals surface area contributed by atoms with Gasteiger partial charge in [0, 0.05) is 17.1 Å². The summed E-state index contributed by atoms with van der Waals surface area (Å²) in [6.07, 6.45) is 0. The Kier molecular flexibility index (Phi) is 5.13. The molecule has 0 aliphatic rings. The number of nitrogens with zero attached hydrogens (tertiary/aromatic N) is 3. The maximum Gasteiger partial charge on any atom is 0.274 e. The first-order valence-electron chi connectivity index (χ1n) is 8.46. The Hall–Kier alpha value is -3.72. The van der Waals surface area contributed by atoms with Crippen LogP contribution < -0.4 is 10.6 Å². The number of amides is 1. The largest absolute Gasteiger partial charge is 0.324 e. The minimum atomic E-state index is -0.291. The van der Waals surface area contributed by atoms with Gasteiger partial charge in [-0.1, -0.05) is 18.2 Å². The summed E-state index contributed by atoms with van der Waals surface area (Å²) in [5.41, 5.74) is 5.03. The third-order valence-electron chi connectivity index (χ3n) is 4.08. The van der Waals surface area contributed by atoms with Crippen molar-refractivity contribution in [3.63, 3.8) is 0 Å². The number of aryl methyl sites for hydroxylation is 3. The average molecular weight is 357 g/mol. The Morgan fingerprint density at radius 2 is 1.67 bits per heavy atom. The Bertz CT molecular complexity index is 1020. The van der Waals surface area contributed by atoms with E-state index in [0.29, 0.717) is 17.2 Å². The van der Waals surface area contributed by atoms with Crippen LogP contribution in [0.3, 0.4) is 0 Å². The summed E-state index contributed by atoms with van der Waals surface area (Å²) < 4.78 is 0. The first-order chi connectivity index (χ1) is 13.0. The summed E-state index contributed by atoms with van der Waals surface area (Å²) in [6, 6.07) is 16.5. The van der Waals surface area contributed by atoms with E-state index in [9.17, 15) is 4.79 Å². The molecule has 0 atom stereocenters. The van der Waals surface area contributed by atoms with Gasteiger partial charge in [-0.2, -0.15) is 5.26 Å². The SMILES string of the molecule is Cc1cc(C(=O)Nc2c(C)cccc2C)nc(Nc2ccc(C#N)cc2)n1. The van der Waals surface area contributed by atoms with Gasteiger partial charge in [-0.15, -0.1) is 0 Å². The zero-order valence-corrected chi connectivity index (χ0v) is 15.4. The van der Waals surface area contributed by atoms with E-state index in [2.05, 4.69) is 26.7 Å². The number of hydrogen-bond acceptors (Lipinski definition) is 5. The Labute approximate surface area is 157 Å². The van der Waals surface area contributed by atoms with Crippen molar-refractivity contribution in [2.45, 2.75) is 20.8 Å². The number of nitrogens with one attached hydrogen (secondary N) is 2. The van der Waals surface area contributed by atoms with E-state index >= 15 is 0 Å². The molecule has 134 valence electrons. The Morgan fingerprint density at radius 1 is 1.00 bits per heavy atom. The monoisotopic (exact) mass is 357 g/mol. The normalized spacial score (nSPS) is 10.1. The first kappa shape index (κ1) is 18.1. The van der Waals surface area contributed by atoms with Gasteiger partial charge < -0.3 is 10.6 Å². The number of para-hydroxylation sites is 1. The van der Waals surface area contributed by atoms with Crippen LogP contribution in [0.25, 0.3) is 0 Å². The fourth-order valence-electron chi connectivity index (χ4n) is 2.69. The lowest BCUT2D eigenvalue weighted by molar-refractivity contribution is 0.102. The van der Waals surface area contributed by atoms with Crippen LogP contribution >= 0.6 is 0 Å². The Morgan fingerprint density at radius 3 is 2.30 bits per heavy atom. The third kappa shape index (κ3) is 4.28. The van der Waals surface area contributed by atoms with E-state index in [1.54, 1.807) is 37.3 Å². The van der Waals surface area contributed by atoms with Crippen molar-refractivity contribution in [3.8, 4) is 6.07 Å². The minimum absolute atomic E-state index is 0.279. The van der Waals surface area contributed by atoms with Crippen molar-refractivity contribution in [3.05, 3.63) is 76.6 Å². The number of nitriles is 1. The second kappa shape index (κ2) is 7.67. The van der Waals surface area contributed by atoms with E-state index in [-0.39, 0.29) is 11.6 Å². The zero-order valence-electron chi connectivity index (χ0n) is 15.4. The number of hydrogen-bond donors (Lipinski definition) is 2. The number of anilines is 3. The smallest absolute Gasteiger partial charge is 0.274 e. The van der Waals surface area contributed by atoms with Crippen LogP contribution in [-0.4, -0.2) is 15.9 Å². The maximum absolute atomic E-state index is 12.7. The number of benzene rings is 2. The van der Waals surface area contributed by atoms with Crippen LogP contribution in [0.15, 0.2) is 48.5 Å². The molecule has 0 aliphatic carbocycles. The molecular formula is C21H19N5O. The van der Waals surface area contributed by atoms with E-state index in [1.165, 1.54) is 0 Å². The molecule has 0 aliphatic heterocycles. The highest BCUT2D eigenvalue weighted by molar-refractivity contribution is 6.04. The van der Waals surface area contributed by atoms with Crippen LogP contribution in [0, 0.1) is 32.1 Å². The number of carbonyl (C=O) groups is 1. The summed E-state index contributed by atoms with van der Waals surface area (Å²) in [4.78, 5) is 21.4. The molecule has 3 aromatic rings. The molecule has 1 heterocycles. The van der Waals surface area contributed by atoms with E-state index in [0.717, 1.165) is 22.5 Å². The molecule has 0 unspecified atom stereocenters. The highest BCUT2D eigenvalue weighted by atomic mass is 16.1. The van der Waals surface area contributed by atoms with Crippen LogP contribution in [0.5, 0.6) is 0 Å². The molecule has 0 fully saturated rings. The standard InChI is InChI=1S/C21H19N5O/c1-13-5-4-6-14(2)19(13)26-20(27)18-11-15(3)23-21(25-18)24-17-9-7-16(12-22)8-10-17/h4-11H,1-3H3,(H,26,27)(H,23,24,25). The molecule has 0 bridgehead atoms. The molecule has 6 heteroatoms. The second-order valence-corrected chi connectivity index (χ2v) is 6.25. The summed E-state index contributed by atoms with van der Waals surface area (Å²) in [5.74, 6) is 0.0344. The fraction of sp³-hybridized carbons (Fsp3) is 0.143. The first-order valence-corrected chi connectivity index (χ1v) is 8.46. The molecule has 3 rings (SSSR count). The summed E-state index contributed by atoms with van der Waals surface area (Å²) in [5, 5.41) is 14.9. The molecule has 2 aromatic carbocycles. The molecule has 6 nitrogen and oxygen atoms in total. The van der Waals surface area contributed by atoms with E-state index < -0.39 is 0 Å². The van der Waals surface area contributed by atoms with Gasteiger partial charge in [-0.25, -0.2) is 9.97 Å². The second-order valence-electron chi connectivity index (χ2n) is 6.25. The lowest BCUT2D eigenvalue weighted by Crippen LogP contribution is -2.17. The van der Waals surface area contributed by atoms with Gasteiger partial charge in [0.2, 0.25) is 5.95 Å².